The van der Waals surface area contributed by atoms with Crippen molar-refractivity contribution in [3.8, 4) is 0 Å². The van der Waals surface area contributed by atoms with Gasteiger partial charge >= 0.3 is 18.0 Å². The van der Waals surface area contributed by atoms with Crippen molar-refractivity contribution in [3.05, 3.63) is 44.2 Å². The Balaban J connectivity index is 1.95. The number of amides is 4. The van der Waals surface area contributed by atoms with Crippen molar-refractivity contribution in [2.45, 2.75) is 20.0 Å². The minimum Gasteiger partial charge on any atom is -0.458 e. The van der Waals surface area contributed by atoms with Crippen LogP contribution in [0.4, 0.5) is 21.5 Å². The Bertz CT molecular complexity index is 1300. The van der Waals surface area contributed by atoms with Gasteiger partial charge in [-0.05, 0) is 13.8 Å². The number of esters is 1. The summed E-state index contributed by atoms with van der Waals surface area (Å²) < 4.78 is 35.4. The molecule has 0 fully saturated rings. The number of hydrogen-bond donors (Lipinski definition) is 8. The minimum absolute atomic E-state index is 0.124. The van der Waals surface area contributed by atoms with Gasteiger partial charge in [0.05, 0.1) is 25.4 Å². The average molecular weight is 558 g/mol. The third kappa shape index (κ3) is 12.1. The molecule has 2 aromatic rings. The highest BCUT2D eigenvalue weighted by atomic mass is 32.2. The lowest BCUT2D eigenvalue weighted by atomic mass is 10.3. The Morgan fingerprint density at radius 2 is 1.42 bits per heavy atom. The molecule has 0 aromatic carbocycles. The fourth-order valence-corrected chi connectivity index (χ4v) is 3.17. The van der Waals surface area contributed by atoms with Gasteiger partial charge in [-0.3, -0.25) is 29.6 Å². The second-order valence-corrected chi connectivity index (χ2v) is 9.32. The Hall–Kier alpha value is -4.36. The number of urea groups is 2. The first kappa shape index (κ1) is 29.9. The van der Waals surface area contributed by atoms with E-state index in [0.29, 0.717) is 11.4 Å². The summed E-state index contributed by atoms with van der Waals surface area (Å²) in [6.45, 7) is 1.89. The number of hydrogen-bond acceptors (Lipinski definition) is 11. The molecular formula is C19H27N9O9S. The highest BCUT2D eigenvalue weighted by Crippen LogP contribution is 1.98. The van der Waals surface area contributed by atoms with Crippen molar-refractivity contribution in [2.75, 3.05) is 42.6 Å². The molecule has 0 spiro atoms. The van der Waals surface area contributed by atoms with Gasteiger partial charge in [0.2, 0.25) is 11.9 Å². The molecule has 0 unspecified atom stereocenters. The van der Waals surface area contributed by atoms with E-state index in [2.05, 4.69) is 46.5 Å². The van der Waals surface area contributed by atoms with Crippen LogP contribution in [0.2, 0.25) is 0 Å². The largest absolute Gasteiger partial charge is 0.458 e. The highest BCUT2D eigenvalue weighted by molar-refractivity contribution is 7.85. The van der Waals surface area contributed by atoms with E-state index in [0.717, 1.165) is 0 Å². The molecule has 2 aromatic heterocycles. The molecule has 19 heteroatoms. The van der Waals surface area contributed by atoms with Crippen LogP contribution in [0.1, 0.15) is 11.4 Å². The fraction of sp³-hybridized carbons (Fsp3) is 0.421. The summed E-state index contributed by atoms with van der Waals surface area (Å²) in [5, 5.41) is 11.9. The summed E-state index contributed by atoms with van der Waals surface area (Å²) in [6, 6.07) is 0.830. The van der Waals surface area contributed by atoms with Gasteiger partial charge < -0.3 is 30.7 Å². The van der Waals surface area contributed by atoms with E-state index in [1.165, 1.54) is 12.1 Å². The van der Waals surface area contributed by atoms with Crippen LogP contribution in [0, 0.1) is 13.8 Å². The van der Waals surface area contributed by atoms with Crippen LogP contribution in [0.15, 0.2) is 21.7 Å². The summed E-state index contributed by atoms with van der Waals surface area (Å²) in [6.07, 6.45) is -1.11. The van der Waals surface area contributed by atoms with Crippen LogP contribution in [0.5, 0.6) is 0 Å². The number of aromatic amines is 2. The topological polar surface area (TPSA) is 266 Å². The number of anilines is 2. The zero-order valence-corrected chi connectivity index (χ0v) is 21.1. The number of nitrogens with one attached hydrogen (secondary N) is 7. The lowest BCUT2D eigenvalue weighted by molar-refractivity contribution is -0.147. The van der Waals surface area contributed by atoms with Gasteiger partial charge in [-0.2, -0.15) is 18.4 Å². The first-order valence-corrected chi connectivity index (χ1v) is 12.5. The normalized spacial score (nSPS) is 11.1. The third-order valence-corrected chi connectivity index (χ3v) is 5.02. The van der Waals surface area contributed by atoms with Crippen molar-refractivity contribution >= 4 is 40.0 Å². The Morgan fingerprint density at radius 1 is 0.947 bits per heavy atom. The summed E-state index contributed by atoms with van der Waals surface area (Å²) in [4.78, 5) is 72.1. The second-order valence-electron chi connectivity index (χ2n) is 7.75. The molecule has 0 bridgehead atoms. The quantitative estimate of drug-likeness (QED) is 0.0785. The van der Waals surface area contributed by atoms with Crippen molar-refractivity contribution in [2.24, 2.45) is 0 Å². The standard InChI is InChI=1S/C19H27N9O9S/c1-10-5-13(29)25-16(23-10)27-18(32)21-7-12(37-15(31)9-20-3-4-38(34,35)36)8-22-19(33)28-17-24-11(2)6-14(30)26-17/h5-6,12,20H,3-4,7-9H2,1-2H3,(H,34,35,36)(H3,21,23,25,27,29,32)(H3,22,24,26,28,30,33). The number of ether oxygens (including phenoxy) is 1. The molecular weight excluding hydrogens is 530 g/mol. The molecule has 18 nitrogen and oxygen atoms in total. The summed E-state index contributed by atoms with van der Waals surface area (Å²) in [7, 11) is -4.22. The number of aryl methyl sites for hydroxylation is 2. The van der Waals surface area contributed by atoms with Gasteiger partial charge in [-0.15, -0.1) is 0 Å². The van der Waals surface area contributed by atoms with Crippen LogP contribution in [-0.2, 0) is 19.6 Å². The SMILES string of the molecule is Cc1cc(=O)nc(NC(=O)NCC(CNC(=O)Nc2nc(=O)cc(C)[nH]2)OC(=O)CNCCS(=O)(=O)O)[nH]1. The maximum atomic E-state index is 12.2. The lowest BCUT2D eigenvalue weighted by Gasteiger charge is -2.19. The van der Waals surface area contributed by atoms with E-state index in [1.807, 2.05) is 0 Å². The molecule has 2 heterocycles. The minimum atomic E-state index is -4.22. The molecule has 8 N–H and O–H groups in total. The van der Waals surface area contributed by atoms with Gasteiger partial charge in [0, 0.05) is 30.1 Å². The van der Waals surface area contributed by atoms with Crippen molar-refractivity contribution in [3.63, 3.8) is 0 Å². The van der Waals surface area contributed by atoms with Gasteiger partial charge in [-0.25, -0.2) is 9.59 Å². The van der Waals surface area contributed by atoms with Crippen molar-refractivity contribution < 1.29 is 32.1 Å². The molecule has 0 saturated heterocycles. The van der Waals surface area contributed by atoms with E-state index in [4.69, 9.17) is 9.29 Å². The van der Waals surface area contributed by atoms with Crippen LogP contribution >= 0.6 is 0 Å². The number of H-pyrrole nitrogens is 2. The molecule has 0 aliphatic heterocycles. The summed E-state index contributed by atoms with van der Waals surface area (Å²) in [5.74, 6) is -1.73. The number of carbonyl (C=O) groups is 3. The number of carbonyl (C=O) groups excluding carboxylic acids is 3. The van der Waals surface area contributed by atoms with E-state index >= 15 is 0 Å². The van der Waals surface area contributed by atoms with Crippen LogP contribution in [-0.4, -0.2) is 89.0 Å². The summed E-state index contributed by atoms with van der Waals surface area (Å²) in [5.41, 5.74) is -0.254. The van der Waals surface area contributed by atoms with Gasteiger partial charge in [-0.1, -0.05) is 0 Å². The van der Waals surface area contributed by atoms with E-state index in [9.17, 15) is 32.4 Å². The van der Waals surface area contributed by atoms with Gasteiger partial charge in [0.15, 0.2) is 0 Å². The maximum absolute atomic E-state index is 12.2. The van der Waals surface area contributed by atoms with Crippen molar-refractivity contribution in [1.29, 1.82) is 0 Å². The van der Waals surface area contributed by atoms with E-state index in [1.54, 1.807) is 13.8 Å². The summed E-state index contributed by atoms with van der Waals surface area (Å²) >= 11 is 0. The predicted molar refractivity (Wildman–Crippen MR) is 132 cm³/mol. The monoisotopic (exact) mass is 557 g/mol. The predicted octanol–water partition coefficient (Wildman–Crippen LogP) is -2.20. The highest BCUT2D eigenvalue weighted by Gasteiger charge is 2.18. The third-order valence-electron chi connectivity index (χ3n) is 4.30. The lowest BCUT2D eigenvalue weighted by Crippen LogP contribution is -2.45. The van der Waals surface area contributed by atoms with Gasteiger partial charge in [0.25, 0.3) is 21.2 Å². The maximum Gasteiger partial charge on any atom is 0.321 e. The first-order valence-electron chi connectivity index (χ1n) is 10.9. The molecule has 2 rings (SSSR count). The van der Waals surface area contributed by atoms with Crippen LogP contribution in [0.25, 0.3) is 0 Å². The number of rotatable bonds is 12. The second kappa shape index (κ2) is 13.8. The zero-order chi connectivity index (χ0) is 28.3. The molecule has 0 aliphatic rings. The molecule has 0 aliphatic carbocycles. The molecule has 38 heavy (non-hydrogen) atoms. The molecule has 4 amide bonds. The van der Waals surface area contributed by atoms with Gasteiger partial charge in [0.1, 0.15) is 6.10 Å². The Kier molecular flexibility index (Phi) is 10.9. The fourth-order valence-electron chi connectivity index (χ4n) is 2.77. The first-order chi connectivity index (χ1) is 17.8. The Labute approximate surface area is 215 Å². The number of aromatic nitrogens is 4. The Morgan fingerprint density at radius 3 is 1.84 bits per heavy atom. The molecule has 0 saturated carbocycles. The van der Waals surface area contributed by atoms with E-state index < -0.39 is 57.7 Å². The number of nitrogens with zero attached hydrogens (tertiary/aromatic N) is 2. The molecule has 0 atom stereocenters. The van der Waals surface area contributed by atoms with Crippen LogP contribution in [0.3, 0.4) is 0 Å². The van der Waals surface area contributed by atoms with Crippen LogP contribution < -0.4 is 37.7 Å². The molecule has 0 radical (unpaired) electrons. The zero-order valence-electron chi connectivity index (χ0n) is 20.3. The smallest absolute Gasteiger partial charge is 0.321 e. The van der Waals surface area contributed by atoms with Crippen molar-refractivity contribution in [1.82, 2.24) is 35.9 Å². The average Bonchev–Trinajstić information content (AvgIpc) is 2.76. The molecule has 208 valence electrons. The van der Waals surface area contributed by atoms with E-state index in [-0.39, 0.29) is 31.5 Å².